The third kappa shape index (κ3) is 5.18. The second kappa shape index (κ2) is 10.3. The smallest absolute Gasteiger partial charge is 0.256 e. The maximum absolute atomic E-state index is 13.6. The predicted molar refractivity (Wildman–Crippen MR) is 130 cm³/mol. The standard InChI is InChI=1S/C26H29ClFN3O4/c1-3-17(2)29-23(32)22-16-35-26(31(22)25(34)18-7-9-21(28)10-8-18)11-13-30(14-12-26)24(33)19-5-4-6-20(27)15-19/h4-10,15,17,22H,3,11-14,16H2,1-2H3,(H,29,32)/t17-,22+/m1/s1. The highest BCUT2D eigenvalue weighted by atomic mass is 35.5. The van der Waals surface area contributed by atoms with Gasteiger partial charge in [-0.2, -0.15) is 0 Å². The van der Waals surface area contributed by atoms with Crippen LogP contribution in [0.5, 0.6) is 0 Å². The number of likely N-dealkylation sites (tertiary alicyclic amines) is 1. The van der Waals surface area contributed by atoms with Gasteiger partial charge in [0.15, 0.2) is 0 Å². The van der Waals surface area contributed by atoms with E-state index >= 15 is 0 Å². The van der Waals surface area contributed by atoms with E-state index in [-0.39, 0.29) is 30.0 Å². The zero-order valence-electron chi connectivity index (χ0n) is 19.8. The maximum atomic E-state index is 13.6. The van der Waals surface area contributed by atoms with Crippen LogP contribution in [-0.2, 0) is 9.53 Å². The Labute approximate surface area is 209 Å². The monoisotopic (exact) mass is 501 g/mol. The van der Waals surface area contributed by atoms with Crippen LogP contribution in [0.3, 0.4) is 0 Å². The molecule has 1 N–H and O–H groups in total. The molecular formula is C26H29ClFN3O4. The van der Waals surface area contributed by atoms with Gasteiger partial charge in [0.25, 0.3) is 11.8 Å². The molecule has 2 aromatic carbocycles. The fraction of sp³-hybridized carbons (Fsp3) is 0.423. The summed E-state index contributed by atoms with van der Waals surface area (Å²) in [5.74, 6) is -1.29. The van der Waals surface area contributed by atoms with E-state index in [1.54, 1.807) is 29.2 Å². The fourth-order valence-corrected chi connectivity index (χ4v) is 4.79. The van der Waals surface area contributed by atoms with E-state index in [0.717, 1.165) is 6.42 Å². The highest BCUT2D eigenvalue weighted by molar-refractivity contribution is 6.30. The Balaban J connectivity index is 1.57. The number of hydrogen-bond acceptors (Lipinski definition) is 4. The van der Waals surface area contributed by atoms with Gasteiger partial charge in [-0.1, -0.05) is 24.6 Å². The van der Waals surface area contributed by atoms with Gasteiger partial charge in [0.2, 0.25) is 5.91 Å². The van der Waals surface area contributed by atoms with Crippen LogP contribution in [0.15, 0.2) is 48.5 Å². The number of piperidine rings is 1. The minimum Gasteiger partial charge on any atom is -0.353 e. The van der Waals surface area contributed by atoms with Crippen molar-refractivity contribution in [1.29, 1.82) is 0 Å². The van der Waals surface area contributed by atoms with Gasteiger partial charge in [0.05, 0.1) is 6.61 Å². The Hall–Kier alpha value is -2.97. The van der Waals surface area contributed by atoms with Crippen molar-refractivity contribution >= 4 is 29.3 Å². The summed E-state index contributed by atoms with van der Waals surface area (Å²) < 4.78 is 19.7. The third-order valence-corrected chi connectivity index (χ3v) is 7.01. The number of hydrogen-bond donors (Lipinski definition) is 1. The highest BCUT2D eigenvalue weighted by Gasteiger charge is 2.54. The van der Waals surface area contributed by atoms with Crippen molar-refractivity contribution in [2.75, 3.05) is 19.7 Å². The summed E-state index contributed by atoms with van der Waals surface area (Å²) >= 11 is 6.04. The Morgan fingerprint density at radius 2 is 1.80 bits per heavy atom. The van der Waals surface area contributed by atoms with Crippen LogP contribution in [-0.4, -0.2) is 65.0 Å². The van der Waals surface area contributed by atoms with Crippen LogP contribution in [0.4, 0.5) is 4.39 Å². The van der Waals surface area contributed by atoms with E-state index in [9.17, 15) is 18.8 Å². The molecule has 3 amide bonds. The molecule has 2 heterocycles. The molecule has 2 aliphatic heterocycles. The largest absolute Gasteiger partial charge is 0.353 e. The van der Waals surface area contributed by atoms with Crippen molar-refractivity contribution in [3.63, 3.8) is 0 Å². The van der Waals surface area contributed by atoms with Crippen molar-refractivity contribution in [2.24, 2.45) is 0 Å². The summed E-state index contributed by atoms with van der Waals surface area (Å²) in [5.41, 5.74) is -0.269. The lowest BCUT2D eigenvalue weighted by atomic mass is 9.96. The molecule has 0 radical (unpaired) electrons. The molecule has 7 nitrogen and oxygen atoms in total. The molecule has 0 bridgehead atoms. The van der Waals surface area contributed by atoms with Gasteiger partial charge in [-0.3, -0.25) is 19.3 Å². The molecule has 2 aliphatic rings. The number of halogens is 2. The zero-order chi connectivity index (χ0) is 25.2. The van der Waals surface area contributed by atoms with E-state index in [1.807, 2.05) is 13.8 Å². The molecule has 0 aromatic heterocycles. The van der Waals surface area contributed by atoms with Crippen LogP contribution < -0.4 is 5.32 Å². The highest BCUT2D eigenvalue weighted by Crippen LogP contribution is 2.39. The van der Waals surface area contributed by atoms with E-state index < -0.39 is 23.5 Å². The summed E-state index contributed by atoms with van der Waals surface area (Å²) in [4.78, 5) is 42.9. The van der Waals surface area contributed by atoms with Crippen LogP contribution in [0.1, 0.15) is 53.8 Å². The number of benzene rings is 2. The molecule has 186 valence electrons. The molecule has 2 saturated heterocycles. The Morgan fingerprint density at radius 3 is 2.43 bits per heavy atom. The first-order valence-electron chi connectivity index (χ1n) is 11.8. The number of nitrogens with one attached hydrogen (secondary N) is 1. The molecule has 4 rings (SSSR count). The summed E-state index contributed by atoms with van der Waals surface area (Å²) in [5, 5.41) is 3.42. The Bertz CT molecular complexity index is 1100. The first-order valence-corrected chi connectivity index (χ1v) is 12.2. The van der Waals surface area contributed by atoms with Gasteiger partial charge in [-0.15, -0.1) is 0 Å². The molecule has 2 fully saturated rings. The molecule has 0 saturated carbocycles. The van der Waals surface area contributed by atoms with Crippen LogP contribution in [0.2, 0.25) is 5.02 Å². The SMILES string of the molecule is CC[C@@H](C)NC(=O)[C@@H]1COC2(CCN(C(=O)c3cccc(Cl)c3)CC2)N1C(=O)c1ccc(F)cc1. The quantitative estimate of drug-likeness (QED) is 0.674. The second-order valence-corrected chi connectivity index (χ2v) is 9.51. The first kappa shape index (κ1) is 25.1. The van der Waals surface area contributed by atoms with Crippen molar-refractivity contribution in [2.45, 2.75) is 50.9 Å². The number of nitrogens with zero attached hydrogens (tertiary/aromatic N) is 2. The summed E-state index contributed by atoms with van der Waals surface area (Å²) in [7, 11) is 0. The lowest BCUT2D eigenvalue weighted by Crippen LogP contribution is -2.60. The number of carbonyl (C=O) groups is 3. The lowest BCUT2D eigenvalue weighted by Gasteiger charge is -2.44. The number of amides is 3. The molecule has 9 heteroatoms. The minimum absolute atomic E-state index is 0.0530. The number of carbonyl (C=O) groups excluding carboxylic acids is 3. The maximum Gasteiger partial charge on any atom is 0.256 e. The molecular weight excluding hydrogens is 473 g/mol. The number of rotatable bonds is 5. The minimum atomic E-state index is -1.03. The van der Waals surface area contributed by atoms with Gasteiger partial charge in [0.1, 0.15) is 17.6 Å². The van der Waals surface area contributed by atoms with E-state index in [0.29, 0.717) is 36.5 Å². The van der Waals surface area contributed by atoms with Gasteiger partial charge in [0, 0.05) is 48.1 Å². The predicted octanol–water partition coefficient (Wildman–Crippen LogP) is 3.87. The van der Waals surface area contributed by atoms with Crippen molar-refractivity contribution in [3.05, 3.63) is 70.5 Å². The van der Waals surface area contributed by atoms with Gasteiger partial charge in [-0.05, 0) is 55.8 Å². The molecule has 0 aliphatic carbocycles. The van der Waals surface area contributed by atoms with Crippen molar-refractivity contribution < 1.29 is 23.5 Å². The van der Waals surface area contributed by atoms with E-state index in [4.69, 9.17) is 16.3 Å². The van der Waals surface area contributed by atoms with Gasteiger partial charge in [-0.25, -0.2) is 4.39 Å². The lowest BCUT2D eigenvalue weighted by molar-refractivity contribution is -0.128. The van der Waals surface area contributed by atoms with Crippen LogP contribution in [0, 0.1) is 5.82 Å². The molecule has 2 aromatic rings. The van der Waals surface area contributed by atoms with E-state index in [1.165, 1.54) is 29.2 Å². The van der Waals surface area contributed by atoms with Crippen molar-refractivity contribution in [1.82, 2.24) is 15.1 Å². The average Bonchev–Trinajstić information content (AvgIpc) is 3.22. The van der Waals surface area contributed by atoms with Crippen LogP contribution in [0.25, 0.3) is 0 Å². The molecule has 2 atom stereocenters. The zero-order valence-corrected chi connectivity index (χ0v) is 20.6. The second-order valence-electron chi connectivity index (χ2n) is 9.08. The topological polar surface area (TPSA) is 79.0 Å². The third-order valence-electron chi connectivity index (χ3n) is 6.78. The fourth-order valence-electron chi connectivity index (χ4n) is 4.60. The average molecular weight is 502 g/mol. The molecule has 0 unspecified atom stereocenters. The molecule has 1 spiro atoms. The number of ether oxygens (including phenoxy) is 1. The van der Waals surface area contributed by atoms with Gasteiger partial charge < -0.3 is 15.0 Å². The Kier molecular flexibility index (Phi) is 7.42. The van der Waals surface area contributed by atoms with Crippen LogP contribution >= 0.6 is 11.6 Å². The first-order chi connectivity index (χ1) is 16.7. The Morgan fingerprint density at radius 1 is 1.11 bits per heavy atom. The normalized spacial score (nSPS) is 20.1. The van der Waals surface area contributed by atoms with Crippen molar-refractivity contribution in [3.8, 4) is 0 Å². The van der Waals surface area contributed by atoms with Gasteiger partial charge >= 0.3 is 0 Å². The van der Waals surface area contributed by atoms with E-state index in [2.05, 4.69) is 5.32 Å². The summed E-state index contributed by atoms with van der Waals surface area (Å²) in [6, 6.07) is 11.1. The summed E-state index contributed by atoms with van der Waals surface area (Å²) in [6.45, 7) is 4.61. The summed E-state index contributed by atoms with van der Waals surface area (Å²) in [6.07, 6.45) is 1.44. The molecule has 35 heavy (non-hydrogen) atoms.